The molecule has 0 heterocycles. The third kappa shape index (κ3) is 2.98. The minimum atomic E-state index is 0.260. The topological polar surface area (TPSA) is 55.5 Å². The molecule has 0 aliphatic rings. The van der Waals surface area contributed by atoms with E-state index in [0.717, 1.165) is 16.9 Å². The van der Waals surface area contributed by atoms with Gasteiger partial charge in [-0.05, 0) is 23.8 Å². The highest BCUT2D eigenvalue weighted by Gasteiger charge is 2.01. The summed E-state index contributed by atoms with van der Waals surface area (Å²) in [7, 11) is 0. The molecule has 0 spiro atoms. The van der Waals surface area contributed by atoms with Crippen molar-refractivity contribution in [2.75, 3.05) is 0 Å². The van der Waals surface area contributed by atoms with E-state index in [4.69, 9.17) is 15.6 Å². The number of phenolic OH excluding ortho intramolecular Hbond substituents is 1. The summed E-state index contributed by atoms with van der Waals surface area (Å²) in [5.41, 5.74) is 7.63. The van der Waals surface area contributed by atoms with Crippen LogP contribution in [-0.4, -0.2) is 5.11 Å². The highest BCUT2D eigenvalue weighted by atomic mass is 16.5. The van der Waals surface area contributed by atoms with E-state index in [1.807, 2.05) is 36.4 Å². The van der Waals surface area contributed by atoms with Crippen molar-refractivity contribution in [3.63, 3.8) is 0 Å². The molecule has 2 aromatic carbocycles. The highest BCUT2D eigenvalue weighted by molar-refractivity contribution is 5.33. The van der Waals surface area contributed by atoms with Crippen molar-refractivity contribution in [2.24, 2.45) is 5.73 Å². The summed E-state index contributed by atoms with van der Waals surface area (Å²) in [5.74, 6) is 1.07. The van der Waals surface area contributed by atoms with Gasteiger partial charge in [-0.25, -0.2) is 0 Å². The smallest absolute Gasteiger partial charge is 0.124 e. The molecule has 0 amide bonds. The molecule has 0 saturated carbocycles. The molecule has 3 heteroatoms. The Morgan fingerprint density at radius 1 is 1.00 bits per heavy atom. The monoisotopic (exact) mass is 229 g/mol. The quantitative estimate of drug-likeness (QED) is 0.846. The van der Waals surface area contributed by atoms with Crippen LogP contribution in [0.4, 0.5) is 0 Å². The molecule has 0 saturated heterocycles. The second-order valence-corrected chi connectivity index (χ2v) is 3.77. The first kappa shape index (κ1) is 11.5. The summed E-state index contributed by atoms with van der Waals surface area (Å²) >= 11 is 0. The van der Waals surface area contributed by atoms with E-state index in [-0.39, 0.29) is 5.75 Å². The Morgan fingerprint density at radius 2 is 1.71 bits per heavy atom. The molecule has 17 heavy (non-hydrogen) atoms. The van der Waals surface area contributed by atoms with Crippen molar-refractivity contribution < 1.29 is 9.84 Å². The van der Waals surface area contributed by atoms with Gasteiger partial charge in [0.15, 0.2) is 0 Å². The van der Waals surface area contributed by atoms with Crippen LogP contribution in [0.15, 0.2) is 48.5 Å². The lowest BCUT2D eigenvalue weighted by molar-refractivity contribution is 0.303. The van der Waals surface area contributed by atoms with Crippen molar-refractivity contribution in [1.82, 2.24) is 0 Å². The number of aromatic hydroxyl groups is 1. The number of rotatable bonds is 4. The van der Waals surface area contributed by atoms with Crippen LogP contribution < -0.4 is 10.5 Å². The van der Waals surface area contributed by atoms with Crippen LogP contribution in [0.3, 0.4) is 0 Å². The third-order valence-electron chi connectivity index (χ3n) is 2.52. The zero-order valence-electron chi connectivity index (χ0n) is 9.47. The molecule has 0 aromatic heterocycles. The maximum absolute atomic E-state index is 9.17. The SMILES string of the molecule is NCc1ccccc1OCc1ccc(O)cc1. The van der Waals surface area contributed by atoms with E-state index in [2.05, 4.69) is 0 Å². The van der Waals surface area contributed by atoms with Gasteiger partial charge in [-0.1, -0.05) is 30.3 Å². The molecule has 2 aromatic rings. The van der Waals surface area contributed by atoms with Crippen LogP contribution in [0.2, 0.25) is 0 Å². The number of hydrogen-bond acceptors (Lipinski definition) is 3. The van der Waals surface area contributed by atoms with Crippen LogP contribution >= 0.6 is 0 Å². The zero-order chi connectivity index (χ0) is 12.1. The molecule has 0 radical (unpaired) electrons. The molecular weight excluding hydrogens is 214 g/mol. The summed E-state index contributed by atoms with van der Waals surface area (Å²) in [6.07, 6.45) is 0. The lowest BCUT2D eigenvalue weighted by atomic mass is 10.2. The van der Waals surface area contributed by atoms with Gasteiger partial charge in [0, 0.05) is 12.1 Å². The van der Waals surface area contributed by atoms with Crippen LogP contribution in [0.1, 0.15) is 11.1 Å². The van der Waals surface area contributed by atoms with Crippen LogP contribution in [-0.2, 0) is 13.2 Å². The molecule has 88 valence electrons. The van der Waals surface area contributed by atoms with Gasteiger partial charge >= 0.3 is 0 Å². The molecule has 0 aliphatic carbocycles. The lowest BCUT2D eigenvalue weighted by Crippen LogP contribution is -2.02. The van der Waals surface area contributed by atoms with Gasteiger partial charge in [0.05, 0.1) is 0 Å². The molecule has 3 N–H and O–H groups in total. The fourth-order valence-corrected chi connectivity index (χ4v) is 1.57. The average molecular weight is 229 g/mol. The van der Waals surface area contributed by atoms with E-state index in [1.165, 1.54) is 0 Å². The Morgan fingerprint density at radius 3 is 2.41 bits per heavy atom. The second-order valence-electron chi connectivity index (χ2n) is 3.77. The van der Waals surface area contributed by atoms with E-state index in [9.17, 15) is 0 Å². The van der Waals surface area contributed by atoms with E-state index >= 15 is 0 Å². The van der Waals surface area contributed by atoms with E-state index in [0.29, 0.717) is 13.2 Å². The summed E-state index contributed by atoms with van der Waals surface area (Å²) in [6, 6.07) is 14.7. The Balaban J connectivity index is 2.04. The van der Waals surface area contributed by atoms with Gasteiger partial charge in [-0.2, -0.15) is 0 Å². The van der Waals surface area contributed by atoms with Gasteiger partial charge in [-0.15, -0.1) is 0 Å². The number of hydrogen-bond donors (Lipinski definition) is 2. The normalized spacial score (nSPS) is 10.2. The number of para-hydroxylation sites is 1. The Hall–Kier alpha value is -2.00. The standard InChI is InChI=1S/C14H15NO2/c15-9-12-3-1-2-4-14(12)17-10-11-5-7-13(16)8-6-11/h1-8,16H,9-10,15H2. The first-order chi connectivity index (χ1) is 8.29. The minimum absolute atomic E-state index is 0.260. The van der Waals surface area contributed by atoms with Gasteiger partial charge in [0.2, 0.25) is 0 Å². The first-order valence-corrected chi connectivity index (χ1v) is 5.48. The van der Waals surface area contributed by atoms with E-state index in [1.54, 1.807) is 12.1 Å². The summed E-state index contributed by atoms with van der Waals surface area (Å²) in [6.45, 7) is 0.934. The van der Waals surface area contributed by atoms with Crippen molar-refractivity contribution in [1.29, 1.82) is 0 Å². The minimum Gasteiger partial charge on any atom is -0.508 e. The number of benzene rings is 2. The predicted octanol–water partition coefficient (Wildman–Crippen LogP) is 2.43. The Kier molecular flexibility index (Phi) is 3.62. The van der Waals surface area contributed by atoms with Crippen molar-refractivity contribution in [3.05, 3.63) is 59.7 Å². The van der Waals surface area contributed by atoms with Gasteiger partial charge < -0.3 is 15.6 Å². The van der Waals surface area contributed by atoms with Crippen LogP contribution in [0.25, 0.3) is 0 Å². The molecule has 0 aliphatic heterocycles. The fourth-order valence-electron chi connectivity index (χ4n) is 1.57. The first-order valence-electron chi connectivity index (χ1n) is 5.48. The number of nitrogens with two attached hydrogens (primary N) is 1. The van der Waals surface area contributed by atoms with Crippen molar-refractivity contribution in [3.8, 4) is 11.5 Å². The van der Waals surface area contributed by atoms with Crippen molar-refractivity contribution in [2.45, 2.75) is 13.2 Å². The van der Waals surface area contributed by atoms with Crippen molar-refractivity contribution >= 4 is 0 Å². The lowest BCUT2D eigenvalue weighted by Gasteiger charge is -2.10. The molecule has 0 fully saturated rings. The number of phenols is 1. The Labute approximate surface area is 100 Å². The zero-order valence-corrected chi connectivity index (χ0v) is 9.47. The summed E-state index contributed by atoms with van der Waals surface area (Å²) < 4.78 is 5.69. The highest BCUT2D eigenvalue weighted by Crippen LogP contribution is 2.19. The molecular formula is C14H15NO2. The molecule has 3 nitrogen and oxygen atoms in total. The van der Waals surface area contributed by atoms with Gasteiger partial charge in [0.1, 0.15) is 18.1 Å². The third-order valence-corrected chi connectivity index (χ3v) is 2.52. The molecule has 2 rings (SSSR count). The fraction of sp³-hybridized carbons (Fsp3) is 0.143. The molecule has 0 unspecified atom stereocenters. The second kappa shape index (κ2) is 5.37. The molecule has 0 bridgehead atoms. The van der Waals surface area contributed by atoms with Crippen LogP contribution in [0.5, 0.6) is 11.5 Å². The summed E-state index contributed by atoms with van der Waals surface area (Å²) in [5, 5.41) is 9.17. The Bertz CT molecular complexity index is 480. The maximum Gasteiger partial charge on any atom is 0.124 e. The largest absolute Gasteiger partial charge is 0.508 e. The average Bonchev–Trinajstić information content (AvgIpc) is 2.38. The maximum atomic E-state index is 9.17. The van der Waals surface area contributed by atoms with Gasteiger partial charge in [-0.3, -0.25) is 0 Å². The van der Waals surface area contributed by atoms with E-state index < -0.39 is 0 Å². The molecule has 0 atom stereocenters. The predicted molar refractivity (Wildman–Crippen MR) is 66.8 cm³/mol. The summed E-state index contributed by atoms with van der Waals surface area (Å²) in [4.78, 5) is 0. The van der Waals surface area contributed by atoms with Crippen LogP contribution in [0, 0.1) is 0 Å². The number of ether oxygens (including phenoxy) is 1. The van der Waals surface area contributed by atoms with Gasteiger partial charge in [0.25, 0.3) is 0 Å².